The fourth-order valence-electron chi connectivity index (χ4n) is 1.09. The summed E-state index contributed by atoms with van der Waals surface area (Å²) in [6.07, 6.45) is 0. The van der Waals surface area contributed by atoms with Gasteiger partial charge >= 0.3 is 0 Å². The van der Waals surface area contributed by atoms with Crippen LogP contribution in [0.5, 0.6) is 0 Å². The van der Waals surface area contributed by atoms with Crippen molar-refractivity contribution in [1.29, 1.82) is 0 Å². The van der Waals surface area contributed by atoms with Crippen LogP contribution in [0.2, 0.25) is 0 Å². The zero-order valence-corrected chi connectivity index (χ0v) is 7.29. The standard InChI is InChI=1S/C9H6F2N2O/c1-5-12-13-9(14-5)6-2-7(10)4-8(11)3-6/h2-4H,1H3. The number of aromatic nitrogens is 2. The molecule has 0 fully saturated rings. The topological polar surface area (TPSA) is 38.9 Å². The van der Waals surface area contributed by atoms with E-state index < -0.39 is 11.6 Å². The van der Waals surface area contributed by atoms with Gasteiger partial charge in [-0.3, -0.25) is 0 Å². The lowest BCUT2D eigenvalue weighted by Crippen LogP contribution is -1.84. The monoisotopic (exact) mass is 196 g/mol. The third-order valence-electron chi connectivity index (χ3n) is 1.64. The van der Waals surface area contributed by atoms with Crippen LogP contribution in [0.3, 0.4) is 0 Å². The van der Waals surface area contributed by atoms with Gasteiger partial charge in [0.1, 0.15) is 11.6 Å². The molecule has 0 aliphatic rings. The van der Waals surface area contributed by atoms with Crippen molar-refractivity contribution in [2.24, 2.45) is 0 Å². The molecule has 0 unspecified atom stereocenters. The number of halogens is 2. The average molecular weight is 196 g/mol. The number of aryl methyl sites for hydroxylation is 1. The van der Waals surface area contributed by atoms with Crippen molar-refractivity contribution < 1.29 is 13.2 Å². The lowest BCUT2D eigenvalue weighted by molar-refractivity contribution is 0.529. The molecule has 0 atom stereocenters. The van der Waals surface area contributed by atoms with Gasteiger partial charge in [-0.15, -0.1) is 10.2 Å². The van der Waals surface area contributed by atoms with E-state index in [-0.39, 0.29) is 11.5 Å². The summed E-state index contributed by atoms with van der Waals surface area (Å²) in [5, 5.41) is 7.21. The third-order valence-corrected chi connectivity index (χ3v) is 1.64. The summed E-state index contributed by atoms with van der Waals surface area (Å²) in [4.78, 5) is 0. The first-order valence-corrected chi connectivity index (χ1v) is 3.92. The van der Waals surface area contributed by atoms with Gasteiger partial charge in [0.15, 0.2) is 0 Å². The number of hydrogen-bond donors (Lipinski definition) is 0. The highest BCUT2D eigenvalue weighted by molar-refractivity contribution is 5.52. The predicted molar refractivity (Wildman–Crippen MR) is 44.4 cm³/mol. The second-order valence-electron chi connectivity index (χ2n) is 2.78. The van der Waals surface area contributed by atoms with E-state index in [1.54, 1.807) is 6.92 Å². The zero-order chi connectivity index (χ0) is 10.1. The van der Waals surface area contributed by atoms with Gasteiger partial charge < -0.3 is 4.42 Å². The van der Waals surface area contributed by atoms with Crippen molar-refractivity contribution in [3.63, 3.8) is 0 Å². The zero-order valence-electron chi connectivity index (χ0n) is 7.29. The summed E-state index contributed by atoms with van der Waals surface area (Å²) < 4.78 is 30.6. The third kappa shape index (κ3) is 1.61. The van der Waals surface area contributed by atoms with E-state index >= 15 is 0 Å². The van der Waals surface area contributed by atoms with Crippen LogP contribution in [-0.2, 0) is 0 Å². The minimum atomic E-state index is -0.671. The highest BCUT2D eigenvalue weighted by atomic mass is 19.1. The van der Waals surface area contributed by atoms with Gasteiger partial charge in [-0.05, 0) is 12.1 Å². The molecule has 1 heterocycles. The van der Waals surface area contributed by atoms with Crippen molar-refractivity contribution in [3.05, 3.63) is 35.7 Å². The maximum atomic E-state index is 12.8. The summed E-state index contributed by atoms with van der Waals surface area (Å²) in [5.74, 6) is -0.878. The quantitative estimate of drug-likeness (QED) is 0.702. The van der Waals surface area contributed by atoms with E-state index in [9.17, 15) is 8.78 Å². The summed E-state index contributed by atoms with van der Waals surface area (Å²) in [7, 11) is 0. The van der Waals surface area contributed by atoms with Crippen LogP contribution >= 0.6 is 0 Å². The lowest BCUT2D eigenvalue weighted by Gasteiger charge is -1.95. The van der Waals surface area contributed by atoms with Gasteiger partial charge in [-0.2, -0.15) is 0 Å². The van der Waals surface area contributed by atoms with Crippen LogP contribution in [0.15, 0.2) is 22.6 Å². The predicted octanol–water partition coefficient (Wildman–Crippen LogP) is 2.32. The second-order valence-corrected chi connectivity index (χ2v) is 2.78. The molecule has 2 aromatic rings. The fourth-order valence-corrected chi connectivity index (χ4v) is 1.09. The maximum absolute atomic E-state index is 12.8. The van der Waals surface area contributed by atoms with E-state index in [2.05, 4.69) is 10.2 Å². The van der Waals surface area contributed by atoms with Crippen LogP contribution in [-0.4, -0.2) is 10.2 Å². The summed E-state index contributed by atoms with van der Waals surface area (Å²) in [6, 6.07) is 3.05. The largest absolute Gasteiger partial charge is 0.421 e. The van der Waals surface area contributed by atoms with Gasteiger partial charge in [0, 0.05) is 18.6 Å². The first-order chi connectivity index (χ1) is 6.65. The Bertz CT molecular complexity index is 447. The van der Waals surface area contributed by atoms with E-state index in [1.165, 1.54) is 0 Å². The minimum absolute atomic E-state index is 0.112. The fraction of sp³-hybridized carbons (Fsp3) is 0.111. The van der Waals surface area contributed by atoms with Crippen molar-refractivity contribution in [1.82, 2.24) is 10.2 Å². The molecule has 72 valence electrons. The van der Waals surface area contributed by atoms with Gasteiger partial charge in [0.05, 0.1) is 0 Å². The molecule has 0 bridgehead atoms. The molecule has 0 radical (unpaired) electrons. The SMILES string of the molecule is Cc1nnc(-c2cc(F)cc(F)c2)o1. The number of nitrogens with zero attached hydrogens (tertiary/aromatic N) is 2. The molecule has 1 aromatic carbocycles. The molecule has 14 heavy (non-hydrogen) atoms. The van der Waals surface area contributed by atoms with E-state index in [0.717, 1.165) is 18.2 Å². The van der Waals surface area contributed by atoms with Crippen LogP contribution in [0, 0.1) is 18.6 Å². The van der Waals surface area contributed by atoms with Gasteiger partial charge in [-0.1, -0.05) is 0 Å². The summed E-state index contributed by atoms with van der Waals surface area (Å²) in [6.45, 7) is 1.60. The molecule has 2 rings (SSSR count). The van der Waals surface area contributed by atoms with Crippen LogP contribution in [0.1, 0.15) is 5.89 Å². The molecule has 0 amide bonds. The Morgan fingerprint density at radius 2 is 1.71 bits per heavy atom. The summed E-state index contributed by atoms with van der Waals surface area (Å²) in [5.41, 5.74) is 0.239. The molecule has 5 heteroatoms. The molecule has 3 nitrogen and oxygen atoms in total. The number of hydrogen-bond acceptors (Lipinski definition) is 3. The Morgan fingerprint density at radius 3 is 2.21 bits per heavy atom. The molecule has 0 spiro atoms. The molecule has 0 saturated heterocycles. The van der Waals surface area contributed by atoms with Crippen molar-refractivity contribution in [2.45, 2.75) is 6.92 Å². The number of rotatable bonds is 1. The highest BCUT2D eigenvalue weighted by Gasteiger charge is 2.08. The first-order valence-electron chi connectivity index (χ1n) is 3.92. The first kappa shape index (κ1) is 8.80. The Balaban J connectivity index is 2.51. The normalized spacial score (nSPS) is 10.5. The Kier molecular flexibility index (Phi) is 1.99. The van der Waals surface area contributed by atoms with E-state index in [4.69, 9.17) is 4.42 Å². The molecule has 1 aromatic heterocycles. The maximum Gasteiger partial charge on any atom is 0.247 e. The molecule has 0 aliphatic carbocycles. The molecule has 0 saturated carbocycles. The van der Waals surface area contributed by atoms with Crippen molar-refractivity contribution >= 4 is 0 Å². The molecule has 0 N–H and O–H groups in total. The Labute approximate surface area is 78.4 Å². The Hall–Kier alpha value is -1.78. The van der Waals surface area contributed by atoms with Crippen LogP contribution < -0.4 is 0 Å². The molecular formula is C9H6F2N2O. The second kappa shape index (κ2) is 3.17. The van der Waals surface area contributed by atoms with Crippen molar-refractivity contribution in [2.75, 3.05) is 0 Å². The van der Waals surface area contributed by atoms with E-state index in [0.29, 0.717) is 5.89 Å². The van der Waals surface area contributed by atoms with E-state index in [1.807, 2.05) is 0 Å². The highest BCUT2D eigenvalue weighted by Crippen LogP contribution is 2.19. The average Bonchev–Trinajstić information content (AvgIpc) is 2.50. The minimum Gasteiger partial charge on any atom is -0.421 e. The molecular weight excluding hydrogens is 190 g/mol. The van der Waals surface area contributed by atoms with Crippen molar-refractivity contribution in [3.8, 4) is 11.5 Å². The number of benzene rings is 1. The molecule has 0 aliphatic heterocycles. The lowest BCUT2D eigenvalue weighted by atomic mass is 10.2. The van der Waals surface area contributed by atoms with Gasteiger partial charge in [-0.25, -0.2) is 8.78 Å². The van der Waals surface area contributed by atoms with Gasteiger partial charge in [0.2, 0.25) is 11.8 Å². The smallest absolute Gasteiger partial charge is 0.247 e. The van der Waals surface area contributed by atoms with Gasteiger partial charge in [0.25, 0.3) is 0 Å². The summed E-state index contributed by atoms with van der Waals surface area (Å²) >= 11 is 0. The Morgan fingerprint density at radius 1 is 1.07 bits per heavy atom. The van der Waals surface area contributed by atoms with Crippen LogP contribution in [0.4, 0.5) is 8.78 Å². The van der Waals surface area contributed by atoms with Crippen LogP contribution in [0.25, 0.3) is 11.5 Å².